The number of benzene rings is 2. The molecule has 2 nitrogen and oxygen atoms in total. The van der Waals surface area contributed by atoms with Crippen molar-refractivity contribution in [1.29, 1.82) is 0 Å². The van der Waals surface area contributed by atoms with Gasteiger partial charge in [-0.1, -0.05) is 56.3 Å². The van der Waals surface area contributed by atoms with E-state index in [1.54, 1.807) is 0 Å². The van der Waals surface area contributed by atoms with E-state index in [2.05, 4.69) is 55.6 Å². The third kappa shape index (κ3) is 3.84. The molecule has 0 aliphatic carbocycles. The Bertz CT molecular complexity index is 531. The number of rotatable bonds is 6. The Morgan fingerprint density at radius 2 is 1.60 bits per heavy atom. The first-order valence-corrected chi connectivity index (χ1v) is 7.15. The molecule has 0 fully saturated rings. The van der Waals surface area contributed by atoms with Gasteiger partial charge in [0.2, 0.25) is 0 Å². The van der Waals surface area contributed by atoms with Crippen molar-refractivity contribution in [3.05, 3.63) is 65.2 Å². The van der Waals surface area contributed by atoms with Gasteiger partial charge >= 0.3 is 0 Å². The summed E-state index contributed by atoms with van der Waals surface area (Å²) in [6.07, 6.45) is 0. The molecular formula is C18H23NO. The first-order chi connectivity index (χ1) is 9.70. The van der Waals surface area contributed by atoms with Gasteiger partial charge in [-0.3, -0.25) is 0 Å². The van der Waals surface area contributed by atoms with Gasteiger partial charge in [0.25, 0.3) is 0 Å². The SMILES string of the molecule is CNCc1ccc(COc2ccccc2C(C)C)cc1. The number of hydrogen-bond donors (Lipinski definition) is 1. The largest absolute Gasteiger partial charge is 0.489 e. The molecule has 20 heavy (non-hydrogen) atoms. The van der Waals surface area contributed by atoms with Crippen molar-refractivity contribution in [2.75, 3.05) is 7.05 Å². The van der Waals surface area contributed by atoms with E-state index in [1.807, 2.05) is 19.2 Å². The molecule has 0 aliphatic rings. The highest BCUT2D eigenvalue weighted by atomic mass is 16.5. The molecule has 106 valence electrons. The third-order valence-corrected chi connectivity index (χ3v) is 3.34. The third-order valence-electron chi connectivity index (χ3n) is 3.34. The van der Waals surface area contributed by atoms with Crippen molar-refractivity contribution < 1.29 is 4.74 Å². The fourth-order valence-electron chi connectivity index (χ4n) is 2.21. The van der Waals surface area contributed by atoms with Crippen molar-refractivity contribution in [2.24, 2.45) is 0 Å². The van der Waals surface area contributed by atoms with E-state index < -0.39 is 0 Å². The average molecular weight is 269 g/mol. The van der Waals surface area contributed by atoms with Crippen LogP contribution in [0.1, 0.15) is 36.5 Å². The second kappa shape index (κ2) is 7.11. The lowest BCUT2D eigenvalue weighted by Gasteiger charge is -2.14. The second-order valence-corrected chi connectivity index (χ2v) is 5.33. The quantitative estimate of drug-likeness (QED) is 0.852. The minimum absolute atomic E-state index is 0.476. The van der Waals surface area contributed by atoms with E-state index in [0.29, 0.717) is 12.5 Å². The first kappa shape index (κ1) is 14.6. The van der Waals surface area contributed by atoms with Gasteiger partial charge in [0, 0.05) is 6.54 Å². The molecule has 0 bridgehead atoms. The van der Waals surface area contributed by atoms with Crippen molar-refractivity contribution in [3.63, 3.8) is 0 Å². The topological polar surface area (TPSA) is 21.3 Å². The van der Waals surface area contributed by atoms with Crippen molar-refractivity contribution in [3.8, 4) is 5.75 Å². The summed E-state index contributed by atoms with van der Waals surface area (Å²) in [7, 11) is 1.96. The lowest BCUT2D eigenvalue weighted by Crippen LogP contribution is -2.05. The van der Waals surface area contributed by atoms with Gasteiger partial charge in [-0.05, 0) is 35.7 Å². The van der Waals surface area contributed by atoms with E-state index in [9.17, 15) is 0 Å². The van der Waals surface area contributed by atoms with Gasteiger partial charge in [-0.25, -0.2) is 0 Å². The van der Waals surface area contributed by atoms with Crippen LogP contribution in [0, 0.1) is 0 Å². The molecular weight excluding hydrogens is 246 g/mol. The normalized spacial score (nSPS) is 10.8. The van der Waals surface area contributed by atoms with Gasteiger partial charge in [-0.15, -0.1) is 0 Å². The molecule has 2 aromatic rings. The molecule has 0 aliphatic heterocycles. The van der Waals surface area contributed by atoms with Crippen LogP contribution in [-0.2, 0) is 13.2 Å². The van der Waals surface area contributed by atoms with Crippen LogP contribution in [0.3, 0.4) is 0 Å². The highest BCUT2D eigenvalue weighted by molar-refractivity contribution is 5.36. The van der Waals surface area contributed by atoms with Crippen LogP contribution in [0.25, 0.3) is 0 Å². The molecule has 1 N–H and O–H groups in total. The van der Waals surface area contributed by atoms with Crippen LogP contribution in [0.2, 0.25) is 0 Å². The zero-order valence-electron chi connectivity index (χ0n) is 12.5. The Hall–Kier alpha value is -1.80. The van der Waals surface area contributed by atoms with E-state index in [0.717, 1.165) is 12.3 Å². The van der Waals surface area contributed by atoms with Gasteiger partial charge < -0.3 is 10.1 Å². The van der Waals surface area contributed by atoms with Gasteiger partial charge in [-0.2, -0.15) is 0 Å². The standard InChI is InChI=1S/C18H23NO/c1-14(2)17-6-4-5-7-18(17)20-13-16-10-8-15(9-11-16)12-19-3/h4-11,14,19H,12-13H2,1-3H3. The molecule has 0 heterocycles. The molecule has 0 radical (unpaired) electrons. The van der Waals surface area contributed by atoms with Crippen LogP contribution in [0.5, 0.6) is 5.75 Å². The number of nitrogens with one attached hydrogen (secondary N) is 1. The first-order valence-electron chi connectivity index (χ1n) is 7.15. The molecule has 0 saturated carbocycles. The zero-order chi connectivity index (χ0) is 14.4. The van der Waals surface area contributed by atoms with Crippen LogP contribution in [0.4, 0.5) is 0 Å². The summed E-state index contributed by atoms with van der Waals surface area (Å²) in [5, 5.41) is 3.15. The van der Waals surface area contributed by atoms with Crippen LogP contribution < -0.4 is 10.1 Å². The van der Waals surface area contributed by atoms with Crippen molar-refractivity contribution in [1.82, 2.24) is 5.32 Å². The second-order valence-electron chi connectivity index (χ2n) is 5.33. The summed E-state index contributed by atoms with van der Waals surface area (Å²) in [6, 6.07) is 16.8. The zero-order valence-corrected chi connectivity index (χ0v) is 12.5. The summed E-state index contributed by atoms with van der Waals surface area (Å²) < 4.78 is 5.97. The van der Waals surface area contributed by atoms with Crippen molar-refractivity contribution in [2.45, 2.75) is 32.9 Å². The molecule has 0 unspecified atom stereocenters. The number of ether oxygens (including phenoxy) is 1. The maximum atomic E-state index is 5.97. The summed E-state index contributed by atoms with van der Waals surface area (Å²) in [4.78, 5) is 0. The Morgan fingerprint density at radius 3 is 2.25 bits per heavy atom. The summed E-state index contributed by atoms with van der Waals surface area (Å²) in [6.45, 7) is 5.89. The Morgan fingerprint density at radius 1 is 0.950 bits per heavy atom. The minimum Gasteiger partial charge on any atom is -0.489 e. The maximum absolute atomic E-state index is 5.97. The Labute approximate surface area is 121 Å². The lowest BCUT2D eigenvalue weighted by molar-refractivity contribution is 0.302. The van der Waals surface area contributed by atoms with Crippen molar-refractivity contribution >= 4 is 0 Å². The van der Waals surface area contributed by atoms with Crippen LogP contribution in [0.15, 0.2) is 48.5 Å². The summed E-state index contributed by atoms with van der Waals surface area (Å²) >= 11 is 0. The highest BCUT2D eigenvalue weighted by Gasteiger charge is 2.06. The van der Waals surface area contributed by atoms with E-state index in [-0.39, 0.29) is 0 Å². The predicted molar refractivity (Wildman–Crippen MR) is 84.1 cm³/mol. The molecule has 0 amide bonds. The Balaban J connectivity index is 2.01. The fourth-order valence-corrected chi connectivity index (χ4v) is 2.21. The van der Waals surface area contributed by atoms with Gasteiger partial charge in [0.05, 0.1) is 0 Å². The lowest BCUT2D eigenvalue weighted by atomic mass is 10.0. The molecule has 2 aromatic carbocycles. The average Bonchev–Trinajstić information content (AvgIpc) is 2.47. The number of para-hydroxylation sites is 1. The smallest absolute Gasteiger partial charge is 0.123 e. The monoisotopic (exact) mass is 269 g/mol. The summed E-state index contributed by atoms with van der Waals surface area (Å²) in [5.74, 6) is 1.46. The number of hydrogen-bond acceptors (Lipinski definition) is 2. The van der Waals surface area contributed by atoms with Gasteiger partial charge in [0.1, 0.15) is 12.4 Å². The van der Waals surface area contributed by atoms with E-state index in [1.165, 1.54) is 16.7 Å². The molecule has 2 rings (SSSR count). The Kier molecular flexibility index (Phi) is 5.19. The van der Waals surface area contributed by atoms with Crippen LogP contribution in [-0.4, -0.2) is 7.05 Å². The highest BCUT2D eigenvalue weighted by Crippen LogP contribution is 2.26. The molecule has 0 spiro atoms. The summed E-state index contributed by atoms with van der Waals surface area (Å²) in [5.41, 5.74) is 3.75. The van der Waals surface area contributed by atoms with E-state index in [4.69, 9.17) is 4.74 Å². The molecule has 0 saturated heterocycles. The predicted octanol–water partition coefficient (Wildman–Crippen LogP) is 4.11. The van der Waals surface area contributed by atoms with Gasteiger partial charge in [0.15, 0.2) is 0 Å². The molecule has 2 heteroatoms. The minimum atomic E-state index is 0.476. The van der Waals surface area contributed by atoms with Crippen LogP contribution >= 0.6 is 0 Å². The van der Waals surface area contributed by atoms with E-state index >= 15 is 0 Å². The maximum Gasteiger partial charge on any atom is 0.123 e. The fraction of sp³-hybridized carbons (Fsp3) is 0.333. The molecule has 0 aromatic heterocycles. The molecule has 0 atom stereocenters.